The van der Waals surface area contributed by atoms with Crippen LogP contribution in [0.4, 0.5) is 0 Å². The van der Waals surface area contributed by atoms with Gasteiger partial charge in [0.1, 0.15) is 0 Å². The molecule has 0 aliphatic heterocycles. The van der Waals surface area contributed by atoms with E-state index in [0.29, 0.717) is 12.5 Å². The molecule has 0 saturated carbocycles. The van der Waals surface area contributed by atoms with Crippen LogP contribution in [0.5, 0.6) is 0 Å². The Balaban J connectivity index is 4.79. The highest BCUT2D eigenvalue weighted by molar-refractivity contribution is 7.92. The summed E-state index contributed by atoms with van der Waals surface area (Å²) in [6.07, 6.45) is 4.72. The first-order valence-corrected chi connectivity index (χ1v) is 8.58. The van der Waals surface area contributed by atoms with Crippen LogP contribution in [0.2, 0.25) is 0 Å². The molecule has 0 rings (SSSR count). The van der Waals surface area contributed by atoms with Gasteiger partial charge >= 0.3 is 0 Å². The summed E-state index contributed by atoms with van der Waals surface area (Å²) in [6, 6.07) is 0. The maximum absolute atomic E-state index is 12.1. The molecular formula is C13H29NO2S. The van der Waals surface area contributed by atoms with Gasteiger partial charge < -0.3 is 5.32 Å². The lowest BCUT2D eigenvalue weighted by atomic mass is 9.96. The second-order valence-corrected chi connectivity index (χ2v) is 7.89. The van der Waals surface area contributed by atoms with Gasteiger partial charge in [0.25, 0.3) is 0 Å². The van der Waals surface area contributed by atoms with Gasteiger partial charge in [-0.05, 0) is 25.3 Å². The van der Waals surface area contributed by atoms with Crippen LogP contribution in [-0.4, -0.2) is 32.5 Å². The predicted molar refractivity (Wildman–Crippen MR) is 75.1 cm³/mol. The quantitative estimate of drug-likeness (QED) is 0.695. The van der Waals surface area contributed by atoms with Crippen molar-refractivity contribution in [2.24, 2.45) is 5.92 Å². The van der Waals surface area contributed by atoms with Crippen LogP contribution in [0.15, 0.2) is 0 Å². The number of hydrogen-bond donors (Lipinski definition) is 1. The molecule has 0 bridgehead atoms. The van der Waals surface area contributed by atoms with Crippen molar-refractivity contribution in [1.29, 1.82) is 0 Å². The average molecular weight is 263 g/mol. The monoisotopic (exact) mass is 263 g/mol. The number of rotatable bonds is 9. The fourth-order valence-electron chi connectivity index (χ4n) is 2.30. The van der Waals surface area contributed by atoms with E-state index in [0.717, 1.165) is 32.2 Å². The Morgan fingerprint density at radius 2 is 1.59 bits per heavy atom. The number of nitrogens with one attached hydrogen (secondary N) is 1. The molecule has 0 aliphatic carbocycles. The molecule has 0 aromatic carbocycles. The normalized spacial score (nSPS) is 13.3. The van der Waals surface area contributed by atoms with Crippen LogP contribution in [0.3, 0.4) is 0 Å². The van der Waals surface area contributed by atoms with Crippen LogP contribution >= 0.6 is 0 Å². The van der Waals surface area contributed by atoms with Gasteiger partial charge in [-0.2, -0.15) is 0 Å². The van der Waals surface area contributed by atoms with Crippen molar-refractivity contribution in [3.8, 4) is 0 Å². The molecule has 0 atom stereocenters. The third kappa shape index (κ3) is 5.38. The van der Waals surface area contributed by atoms with Gasteiger partial charge in [0.2, 0.25) is 0 Å². The first-order valence-electron chi connectivity index (χ1n) is 6.69. The molecule has 0 spiro atoms. The van der Waals surface area contributed by atoms with Crippen LogP contribution < -0.4 is 5.32 Å². The first kappa shape index (κ1) is 16.9. The minimum atomic E-state index is -3.01. The fraction of sp³-hybridized carbons (Fsp3) is 1.00. The van der Waals surface area contributed by atoms with Crippen molar-refractivity contribution >= 4 is 9.84 Å². The lowest BCUT2D eigenvalue weighted by molar-refractivity contribution is 0.407. The lowest BCUT2D eigenvalue weighted by Crippen LogP contribution is -2.47. The van der Waals surface area contributed by atoms with E-state index in [9.17, 15) is 8.42 Å². The maximum atomic E-state index is 12.1. The highest BCUT2D eigenvalue weighted by atomic mass is 32.2. The second kappa shape index (κ2) is 7.37. The molecule has 0 unspecified atom stereocenters. The summed E-state index contributed by atoms with van der Waals surface area (Å²) in [6.45, 7) is 9.84. The molecule has 1 N–H and O–H groups in total. The zero-order valence-corrected chi connectivity index (χ0v) is 12.9. The average Bonchev–Trinajstić information content (AvgIpc) is 2.15. The Morgan fingerprint density at radius 3 is 1.88 bits per heavy atom. The summed E-state index contributed by atoms with van der Waals surface area (Å²) in [5.74, 6) is 0.551. The van der Waals surface area contributed by atoms with E-state index in [-0.39, 0.29) is 0 Å². The van der Waals surface area contributed by atoms with Crippen molar-refractivity contribution in [3.05, 3.63) is 0 Å². The zero-order chi connectivity index (χ0) is 13.5. The van der Waals surface area contributed by atoms with Gasteiger partial charge in [-0.3, -0.25) is 0 Å². The molecule has 17 heavy (non-hydrogen) atoms. The molecule has 0 amide bonds. The van der Waals surface area contributed by atoms with Crippen molar-refractivity contribution in [1.82, 2.24) is 5.32 Å². The Bertz CT molecular complexity index is 291. The van der Waals surface area contributed by atoms with E-state index in [2.05, 4.69) is 33.0 Å². The third-order valence-corrected chi connectivity index (χ3v) is 5.32. The van der Waals surface area contributed by atoms with E-state index in [1.165, 1.54) is 6.26 Å². The molecule has 3 nitrogen and oxygen atoms in total. The first-order chi connectivity index (χ1) is 7.79. The zero-order valence-electron chi connectivity index (χ0n) is 12.0. The number of sulfone groups is 1. The van der Waals surface area contributed by atoms with Gasteiger partial charge in [0, 0.05) is 12.8 Å². The van der Waals surface area contributed by atoms with Crippen molar-refractivity contribution < 1.29 is 8.42 Å². The molecule has 0 aromatic heterocycles. The van der Waals surface area contributed by atoms with Crippen LogP contribution in [0.25, 0.3) is 0 Å². The Morgan fingerprint density at radius 1 is 1.12 bits per heavy atom. The summed E-state index contributed by atoms with van der Waals surface area (Å²) in [5.41, 5.74) is 0. The molecule has 104 valence electrons. The highest BCUT2D eigenvalue weighted by Crippen LogP contribution is 2.28. The van der Waals surface area contributed by atoms with Gasteiger partial charge in [-0.15, -0.1) is 0 Å². The molecular weight excluding hydrogens is 234 g/mol. The van der Waals surface area contributed by atoms with Crippen molar-refractivity contribution in [2.45, 2.75) is 58.1 Å². The molecule has 0 fully saturated rings. The molecule has 0 saturated heterocycles. The molecule has 0 aliphatic rings. The Hall–Kier alpha value is -0.0900. The predicted octanol–water partition coefficient (Wildman–Crippen LogP) is 2.62. The van der Waals surface area contributed by atoms with Crippen molar-refractivity contribution in [2.75, 3.05) is 19.3 Å². The molecule has 4 heteroatoms. The molecule has 0 heterocycles. The second-order valence-electron chi connectivity index (χ2n) is 5.48. The standard InChI is InChI=1S/C13H29NO2S/c1-6-8-13(9-7-2,17(5,15)16)11-14-10-12(3)4/h12,14H,6-11H2,1-5H3. The summed E-state index contributed by atoms with van der Waals surface area (Å²) >= 11 is 0. The Kier molecular flexibility index (Phi) is 7.33. The van der Waals surface area contributed by atoms with Gasteiger partial charge in [0.05, 0.1) is 4.75 Å². The number of hydrogen-bond acceptors (Lipinski definition) is 3. The van der Waals surface area contributed by atoms with Crippen LogP contribution in [0, 0.1) is 5.92 Å². The van der Waals surface area contributed by atoms with E-state index in [1.54, 1.807) is 0 Å². The van der Waals surface area contributed by atoms with E-state index >= 15 is 0 Å². The summed E-state index contributed by atoms with van der Waals surface area (Å²) in [4.78, 5) is 0. The van der Waals surface area contributed by atoms with E-state index < -0.39 is 14.6 Å². The molecule has 0 aromatic rings. The van der Waals surface area contributed by atoms with Gasteiger partial charge in [-0.25, -0.2) is 8.42 Å². The summed E-state index contributed by atoms with van der Waals surface area (Å²) in [5, 5.41) is 3.32. The van der Waals surface area contributed by atoms with Crippen LogP contribution in [0.1, 0.15) is 53.4 Å². The summed E-state index contributed by atoms with van der Waals surface area (Å²) < 4.78 is 23.6. The summed E-state index contributed by atoms with van der Waals surface area (Å²) in [7, 11) is -3.01. The smallest absolute Gasteiger partial charge is 0.154 e. The fourth-order valence-corrected chi connectivity index (χ4v) is 3.82. The third-order valence-electron chi connectivity index (χ3n) is 3.20. The minimum absolute atomic E-state index is 0.551. The largest absolute Gasteiger partial charge is 0.315 e. The van der Waals surface area contributed by atoms with Crippen LogP contribution in [-0.2, 0) is 9.84 Å². The van der Waals surface area contributed by atoms with Gasteiger partial charge in [-0.1, -0.05) is 40.5 Å². The van der Waals surface area contributed by atoms with E-state index in [1.807, 2.05) is 0 Å². The van der Waals surface area contributed by atoms with Crippen molar-refractivity contribution in [3.63, 3.8) is 0 Å². The van der Waals surface area contributed by atoms with Gasteiger partial charge in [0.15, 0.2) is 9.84 Å². The Labute approximate surface area is 107 Å². The maximum Gasteiger partial charge on any atom is 0.154 e. The molecule has 0 radical (unpaired) electrons. The highest BCUT2D eigenvalue weighted by Gasteiger charge is 2.38. The van der Waals surface area contributed by atoms with E-state index in [4.69, 9.17) is 0 Å². The lowest BCUT2D eigenvalue weighted by Gasteiger charge is -2.32. The topological polar surface area (TPSA) is 46.2 Å². The minimum Gasteiger partial charge on any atom is -0.315 e. The SMILES string of the molecule is CCCC(CCC)(CNCC(C)C)S(C)(=O)=O.